The van der Waals surface area contributed by atoms with Gasteiger partial charge in [0.1, 0.15) is 0 Å². The van der Waals surface area contributed by atoms with Gasteiger partial charge in [-0.1, -0.05) is 48.0 Å². The van der Waals surface area contributed by atoms with E-state index < -0.39 is 0 Å². The van der Waals surface area contributed by atoms with Crippen molar-refractivity contribution in [3.05, 3.63) is 76.8 Å². The topological polar surface area (TPSA) is 55.9 Å². The molecule has 0 bridgehead atoms. The summed E-state index contributed by atoms with van der Waals surface area (Å²) in [6.07, 6.45) is 2.17. The van der Waals surface area contributed by atoms with Gasteiger partial charge in [-0.2, -0.15) is 5.10 Å². The lowest BCUT2D eigenvalue weighted by molar-refractivity contribution is 0.762. The Morgan fingerprint density at radius 3 is 2.82 bits per heavy atom. The average Bonchev–Trinajstić information content (AvgIpc) is 3.23. The van der Waals surface area contributed by atoms with Crippen LogP contribution in [-0.2, 0) is 13.5 Å². The number of aryl methyl sites for hydroxylation is 2. The Morgan fingerprint density at radius 2 is 1.96 bits per heavy atom. The second-order valence-corrected chi connectivity index (χ2v) is 7.77. The van der Waals surface area contributed by atoms with Crippen molar-refractivity contribution in [2.75, 3.05) is 11.1 Å². The third kappa shape index (κ3) is 2.72. The van der Waals surface area contributed by atoms with E-state index in [0.29, 0.717) is 10.8 Å². The van der Waals surface area contributed by atoms with Gasteiger partial charge in [-0.05, 0) is 53.8 Å². The van der Waals surface area contributed by atoms with Crippen LogP contribution in [0.15, 0.2) is 60.7 Å². The molecule has 0 amide bonds. The lowest BCUT2D eigenvalue weighted by atomic mass is 9.98. The van der Waals surface area contributed by atoms with E-state index in [1.165, 1.54) is 11.1 Å². The van der Waals surface area contributed by atoms with Crippen LogP contribution in [0.25, 0.3) is 22.0 Å². The van der Waals surface area contributed by atoms with Crippen molar-refractivity contribution in [1.29, 1.82) is 0 Å². The summed E-state index contributed by atoms with van der Waals surface area (Å²) < 4.78 is 1.83. The molecule has 0 saturated carbocycles. The number of rotatable bonds is 3. The maximum atomic E-state index is 6.31. The quantitative estimate of drug-likeness (QED) is 0.482. The van der Waals surface area contributed by atoms with Crippen LogP contribution in [0, 0.1) is 0 Å². The second kappa shape index (κ2) is 6.57. The number of nitrogens with one attached hydrogen (secondary N) is 1. The van der Waals surface area contributed by atoms with Gasteiger partial charge in [0.15, 0.2) is 5.82 Å². The molecule has 3 N–H and O–H groups in total. The van der Waals surface area contributed by atoms with Crippen LogP contribution in [0.1, 0.15) is 23.6 Å². The Labute approximate surface area is 168 Å². The van der Waals surface area contributed by atoms with Crippen LogP contribution in [0.2, 0.25) is 5.02 Å². The molecule has 1 aromatic heterocycles. The van der Waals surface area contributed by atoms with Crippen LogP contribution >= 0.6 is 11.6 Å². The van der Waals surface area contributed by atoms with Crippen LogP contribution < -0.4 is 11.1 Å². The standard InChI is InChI=1S/C23H21ClN4/c1-28-20-12-11-19(26-18-10-9-14-5-2-3-8-17(14)18)21(22(20)23(25)27-28)15-6-4-7-16(24)13-15/h2-8,11-13,18,26H,9-10H2,1H3,(H2,25,27). The fourth-order valence-electron chi connectivity index (χ4n) is 4.34. The van der Waals surface area contributed by atoms with Crippen LogP contribution in [-0.4, -0.2) is 9.78 Å². The summed E-state index contributed by atoms with van der Waals surface area (Å²) in [5.74, 6) is 0.531. The minimum absolute atomic E-state index is 0.282. The molecule has 0 saturated heterocycles. The number of nitrogen functional groups attached to an aromatic ring is 1. The van der Waals surface area contributed by atoms with Gasteiger partial charge in [0.2, 0.25) is 0 Å². The molecule has 4 aromatic rings. The normalized spacial score (nSPS) is 15.7. The van der Waals surface area contributed by atoms with Crippen LogP contribution in [0.5, 0.6) is 0 Å². The first kappa shape index (κ1) is 17.1. The lowest BCUT2D eigenvalue weighted by Crippen LogP contribution is -2.08. The first-order valence-electron chi connectivity index (χ1n) is 9.47. The molecule has 1 aliphatic carbocycles. The summed E-state index contributed by atoms with van der Waals surface area (Å²) in [7, 11) is 1.92. The summed E-state index contributed by atoms with van der Waals surface area (Å²) >= 11 is 6.31. The highest BCUT2D eigenvalue weighted by atomic mass is 35.5. The Hall–Kier alpha value is -2.98. The minimum Gasteiger partial charge on any atom is -0.382 e. The average molecular weight is 389 g/mol. The molecule has 1 unspecified atom stereocenters. The van der Waals surface area contributed by atoms with E-state index in [4.69, 9.17) is 17.3 Å². The Bertz CT molecular complexity index is 1190. The highest BCUT2D eigenvalue weighted by molar-refractivity contribution is 6.31. The molecule has 0 aliphatic heterocycles. The summed E-state index contributed by atoms with van der Waals surface area (Å²) in [6, 6.07) is 21.1. The molecule has 0 spiro atoms. The summed E-state index contributed by atoms with van der Waals surface area (Å²) in [5, 5.41) is 9.88. The number of fused-ring (bicyclic) bond motifs is 2. The van der Waals surface area contributed by atoms with Crippen molar-refractivity contribution in [3.8, 4) is 11.1 Å². The zero-order valence-corrected chi connectivity index (χ0v) is 16.4. The first-order valence-corrected chi connectivity index (χ1v) is 9.85. The van der Waals surface area contributed by atoms with Gasteiger partial charge in [-0.15, -0.1) is 0 Å². The van der Waals surface area contributed by atoms with Crippen molar-refractivity contribution in [2.45, 2.75) is 18.9 Å². The molecule has 1 heterocycles. The second-order valence-electron chi connectivity index (χ2n) is 7.34. The smallest absolute Gasteiger partial charge is 0.154 e. The molecule has 3 aromatic carbocycles. The molecule has 1 aliphatic rings. The molecule has 5 rings (SSSR count). The minimum atomic E-state index is 0.282. The van der Waals surface area contributed by atoms with Gasteiger partial charge in [0.25, 0.3) is 0 Å². The number of anilines is 2. The molecule has 0 fully saturated rings. The number of halogens is 1. The fourth-order valence-corrected chi connectivity index (χ4v) is 4.54. The van der Waals surface area contributed by atoms with E-state index in [2.05, 4.69) is 52.9 Å². The molecular formula is C23H21ClN4. The van der Waals surface area contributed by atoms with Gasteiger partial charge < -0.3 is 11.1 Å². The van der Waals surface area contributed by atoms with Gasteiger partial charge in [-0.25, -0.2) is 0 Å². The van der Waals surface area contributed by atoms with E-state index in [1.54, 1.807) is 0 Å². The van der Waals surface area contributed by atoms with Gasteiger partial charge in [0, 0.05) is 23.3 Å². The maximum Gasteiger partial charge on any atom is 0.154 e. The van der Waals surface area contributed by atoms with E-state index in [1.807, 2.05) is 29.9 Å². The zero-order chi connectivity index (χ0) is 19.3. The number of hydrogen-bond donors (Lipinski definition) is 2. The summed E-state index contributed by atoms with van der Waals surface area (Å²) in [4.78, 5) is 0. The predicted octanol–water partition coefficient (Wildman–Crippen LogP) is 5.58. The number of nitrogens with zero attached hydrogens (tertiary/aromatic N) is 2. The van der Waals surface area contributed by atoms with Crippen molar-refractivity contribution in [2.24, 2.45) is 7.05 Å². The third-order valence-electron chi connectivity index (χ3n) is 5.62. The van der Waals surface area contributed by atoms with Crippen molar-refractivity contribution < 1.29 is 0 Å². The van der Waals surface area contributed by atoms with Crippen LogP contribution in [0.3, 0.4) is 0 Å². The van der Waals surface area contributed by atoms with E-state index in [9.17, 15) is 0 Å². The molecule has 140 valence electrons. The Kier molecular flexibility index (Phi) is 4.02. The SMILES string of the molecule is Cn1nc(N)c2c(-c3cccc(Cl)c3)c(NC3CCc4ccccc43)ccc21. The van der Waals surface area contributed by atoms with Gasteiger partial charge in [-0.3, -0.25) is 4.68 Å². The molecule has 0 radical (unpaired) electrons. The molecule has 1 atom stereocenters. The Morgan fingerprint density at radius 1 is 1.11 bits per heavy atom. The maximum absolute atomic E-state index is 6.31. The molecule has 28 heavy (non-hydrogen) atoms. The van der Waals surface area contributed by atoms with Crippen molar-refractivity contribution in [3.63, 3.8) is 0 Å². The first-order chi connectivity index (χ1) is 13.6. The zero-order valence-electron chi connectivity index (χ0n) is 15.6. The summed E-state index contributed by atoms with van der Waals surface area (Å²) in [6.45, 7) is 0. The van der Waals surface area contributed by atoms with Gasteiger partial charge >= 0.3 is 0 Å². The van der Waals surface area contributed by atoms with E-state index in [-0.39, 0.29) is 6.04 Å². The monoisotopic (exact) mass is 388 g/mol. The number of aromatic nitrogens is 2. The third-order valence-corrected chi connectivity index (χ3v) is 5.86. The van der Waals surface area contributed by atoms with E-state index >= 15 is 0 Å². The Balaban J connectivity index is 1.69. The van der Waals surface area contributed by atoms with E-state index in [0.717, 1.165) is 40.6 Å². The molecular weight excluding hydrogens is 368 g/mol. The van der Waals surface area contributed by atoms with Gasteiger partial charge in [0.05, 0.1) is 16.9 Å². The lowest BCUT2D eigenvalue weighted by Gasteiger charge is -2.20. The predicted molar refractivity (Wildman–Crippen MR) is 117 cm³/mol. The number of hydrogen-bond acceptors (Lipinski definition) is 3. The molecule has 4 nitrogen and oxygen atoms in total. The highest BCUT2D eigenvalue weighted by Crippen LogP contribution is 2.42. The number of nitrogens with two attached hydrogens (primary N) is 1. The number of benzene rings is 3. The highest BCUT2D eigenvalue weighted by Gasteiger charge is 2.24. The van der Waals surface area contributed by atoms with Crippen molar-refractivity contribution in [1.82, 2.24) is 9.78 Å². The fraction of sp³-hybridized carbons (Fsp3) is 0.174. The molecule has 5 heteroatoms. The van der Waals surface area contributed by atoms with Crippen molar-refractivity contribution >= 4 is 34.0 Å². The largest absolute Gasteiger partial charge is 0.382 e. The summed E-state index contributed by atoms with van der Waals surface area (Å²) in [5.41, 5.74) is 13.3. The van der Waals surface area contributed by atoms with Crippen LogP contribution in [0.4, 0.5) is 11.5 Å².